The van der Waals surface area contributed by atoms with E-state index in [1.807, 2.05) is 6.07 Å². The molecule has 0 aliphatic carbocycles. The highest BCUT2D eigenvalue weighted by atomic mass is 79.9. The van der Waals surface area contributed by atoms with Gasteiger partial charge in [0.05, 0.1) is 15.7 Å². The molecule has 2 aromatic rings. The number of halogens is 1. The van der Waals surface area contributed by atoms with Gasteiger partial charge in [-0.05, 0) is 40.9 Å². The molecule has 0 saturated carbocycles. The van der Waals surface area contributed by atoms with Crippen molar-refractivity contribution < 1.29 is 0 Å². The summed E-state index contributed by atoms with van der Waals surface area (Å²) in [6, 6.07) is 4.09. The molecule has 3 heteroatoms. The Morgan fingerprint density at radius 1 is 1.29 bits per heavy atom. The number of rotatable bonds is 0. The molecule has 0 atom stereocenters. The first-order valence-electron chi connectivity index (χ1n) is 4.41. The molecule has 0 fully saturated rings. The van der Waals surface area contributed by atoms with Crippen LogP contribution in [-0.2, 0) is 0 Å². The molecule has 0 amide bonds. The highest BCUT2D eigenvalue weighted by molar-refractivity contribution is 9.10. The Balaban J connectivity index is 2.94. The first kappa shape index (κ1) is 9.46. The van der Waals surface area contributed by atoms with E-state index in [9.17, 15) is 0 Å². The van der Waals surface area contributed by atoms with Crippen molar-refractivity contribution in [3.05, 3.63) is 33.9 Å². The van der Waals surface area contributed by atoms with Crippen molar-refractivity contribution in [2.24, 2.45) is 0 Å². The molecular weight excluding hydrogens is 240 g/mol. The van der Waals surface area contributed by atoms with E-state index in [1.54, 1.807) is 6.20 Å². The third-order valence-corrected chi connectivity index (χ3v) is 3.19. The summed E-state index contributed by atoms with van der Waals surface area (Å²) in [4.78, 5) is 4.38. The van der Waals surface area contributed by atoms with Crippen LogP contribution in [-0.4, -0.2) is 4.98 Å². The van der Waals surface area contributed by atoms with Gasteiger partial charge in [-0.1, -0.05) is 12.1 Å². The number of aromatic nitrogens is 1. The van der Waals surface area contributed by atoms with Crippen molar-refractivity contribution in [1.29, 1.82) is 0 Å². The summed E-state index contributed by atoms with van der Waals surface area (Å²) < 4.78 is 0.855. The van der Waals surface area contributed by atoms with Crippen LogP contribution < -0.4 is 5.73 Å². The maximum atomic E-state index is 5.95. The normalized spacial score (nSPS) is 10.8. The summed E-state index contributed by atoms with van der Waals surface area (Å²) in [5, 5.41) is 1.02. The van der Waals surface area contributed by atoms with Gasteiger partial charge in [0.25, 0.3) is 0 Å². The number of fused-ring (bicyclic) bond motifs is 1. The zero-order valence-electron chi connectivity index (χ0n) is 8.13. The van der Waals surface area contributed by atoms with E-state index in [0.717, 1.165) is 21.1 Å². The number of nitrogen functional groups attached to an aromatic ring is 1. The van der Waals surface area contributed by atoms with Crippen molar-refractivity contribution in [3.63, 3.8) is 0 Å². The number of anilines is 1. The van der Waals surface area contributed by atoms with Gasteiger partial charge in [-0.15, -0.1) is 0 Å². The minimum atomic E-state index is 0.762. The molecule has 0 aliphatic rings. The molecule has 0 unspecified atom stereocenters. The third kappa shape index (κ3) is 1.28. The summed E-state index contributed by atoms with van der Waals surface area (Å²) >= 11 is 3.37. The molecule has 72 valence electrons. The molecule has 1 heterocycles. The fourth-order valence-corrected chi connectivity index (χ4v) is 1.82. The Morgan fingerprint density at radius 3 is 2.71 bits per heavy atom. The van der Waals surface area contributed by atoms with Crippen LogP contribution in [0, 0.1) is 13.8 Å². The Bertz CT molecular complexity index is 459. The number of hydrogen-bond acceptors (Lipinski definition) is 2. The van der Waals surface area contributed by atoms with Gasteiger partial charge in [-0.2, -0.15) is 0 Å². The molecule has 2 nitrogen and oxygen atoms in total. The second-order valence-corrected chi connectivity index (χ2v) is 4.28. The predicted molar refractivity (Wildman–Crippen MR) is 63.3 cm³/mol. The lowest BCUT2D eigenvalue weighted by Crippen LogP contribution is -1.94. The highest BCUT2D eigenvalue weighted by Crippen LogP contribution is 2.29. The Hall–Kier alpha value is -1.09. The van der Waals surface area contributed by atoms with Crippen molar-refractivity contribution >= 4 is 32.5 Å². The van der Waals surface area contributed by atoms with Gasteiger partial charge in [0.2, 0.25) is 0 Å². The average Bonchev–Trinajstić information content (AvgIpc) is 2.17. The van der Waals surface area contributed by atoms with E-state index in [1.165, 1.54) is 11.1 Å². The van der Waals surface area contributed by atoms with Gasteiger partial charge in [0.1, 0.15) is 0 Å². The second kappa shape index (κ2) is 3.24. The van der Waals surface area contributed by atoms with Crippen LogP contribution >= 0.6 is 15.9 Å². The molecule has 14 heavy (non-hydrogen) atoms. The van der Waals surface area contributed by atoms with Gasteiger partial charge >= 0.3 is 0 Å². The average molecular weight is 251 g/mol. The molecule has 0 radical (unpaired) electrons. The number of aryl methyl sites for hydroxylation is 2. The first-order chi connectivity index (χ1) is 6.61. The topological polar surface area (TPSA) is 38.9 Å². The van der Waals surface area contributed by atoms with Crippen LogP contribution in [0.25, 0.3) is 10.9 Å². The second-order valence-electron chi connectivity index (χ2n) is 3.42. The monoisotopic (exact) mass is 250 g/mol. The van der Waals surface area contributed by atoms with Gasteiger partial charge in [-0.25, -0.2) is 0 Å². The zero-order chi connectivity index (χ0) is 10.3. The summed E-state index contributed by atoms with van der Waals surface area (Å²) in [7, 11) is 0. The van der Waals surface area contributed by atoms with Gasteiger partial charge in [0, 0.05) is 11.6 Å². The molecule has 1 aromatic carbocycles. The van der Waals surface area contributed by atoms with E-state index in [2.05, 4.69) is 40.8 Å². The van der Waals surface area contributed by atoms with Crippen LogP contribution in [0.15, 0.2) is 22.8 Å². The fraction of sp³-hybridized carbons (Fsp3) is 0.182. The molecule has 0 spiro atoms. The molecule has 0 bridgehead atoms. The number of nitrogens with two attached hydrogens (primary N) is 1. The van der Waals surface area contributed by atoms with Crippen molar-refractivity contribution in [2.45, 2.75) is 13.8 Å². The largest absolute Gasteiger partial charge is 0.397 e. The zero-order valence-corrected chi connectivity index (χ0v) is 9.72. The van der Waals surface area contributed by atoms with E-state index in [0.29, 0.717) is 0 Å². The van der Waals surface area contributed by atoms with Crippen molar-refractivity contribution in [2.75, 3.05) is 5.73 Å². The quantitative estimate of drug-likeness (QED) is 0.780. The summed E-state index contributed by atoms with van der Waals surface area (Å²) in [5.74, 6) is 0. The van der Waals surface area contributed by atoms with E-state index in [4.69, 9.17) is 5.73 Å². The molecule has 2 N–H and O–H groups in total. The van der Waals surface area contributed by atoms with E-state index >= 15 is 0 Å². The standard InChI is InChI=1S/C11H11BrN2/c1-6-3-4-8-10(13)9(12)5-14-11(8)7(6)2/h3-5H,1-2H3,(H2,13,14). The predicted octanol–water partition coefficient (Wildman–Crippen LogP) is 3.20. The van der Waals surface area contributed by atoms with Crippen LogP contribution in [0.3, 0.4) is 0 Å². The third-order valence-electron chi connectivity index (χ3n) is 2.56. The van der Waals surface area contributed by atoms with E-state index in [-0.39, 0.29) is 0 Å². The van der Waals surface area contributed by atoms with Crippen LogP contribution in [0.2, 0.25) is 0 Å². The van der Waals surface area contributed by atoms with Crippen LogP contribution in [0.1, 0.15) is 11.1 Å². The maximum absolute atomic E-state index is 5.95. The molecule has 0 saturated heterocycles. The van der Waals surface area contributed by atoms with Crippen LogP contribution in [0.4, 0.5) is 5.69 Å². The molecule has 1 aromatic heterocycles. The molecule has 0 aliphatic heterocycles. The SMILES string of the molecule is Cc1ccc2c(N)c(Br)cnc2c1C. The highest BCUT2D eigenvalue weighted by Gasteiger charge is 2.06. The number of nitrogens with zero attached hydrogens (tertiary/aromatic N) is 1. The smallest absolute Gasteiger partial charge is 0.0755 e. The van der Waals surface area contributed by atoms with Gasteiger partial charge < -0.3 is 5.73 Å². The lowest BCUT2D eigenvalue weighted by Gasteiger charge is -2.07. The van der Waals surface area contributed by atoms with Crippen molar-refractivity contribution in [3.8, 4) is 0 Å². The number of benzene rings is 1. The Morgan fingerprint density at radius 2 is 2.00 bits per heavy atom. The summed E-state index contributed by atoms with van der Waals surface area (Å²) in [5.41, 5.74) is 10.1. The minimum Gasteiger partial charge on any atom is -0.397 e. The maximum Gasteiger partial charge on any atom is 0.0755 e. The molecule has 2 rings (SSSR count). The lowest BCUT2D eigenvalue weighted by atomic mass is 10.0. The van der Waals surface area contributed by atoms with Gasteiger partial charge in [-0.3, -0.25) is 4.98 Å². The minimum absolute atomic E-state index is 0.762. The van der Waals surface area contributed by atoms with E-state index < -0.39 is 0 Å². The molecular formula is C11H11BrN2. The number of hydrogen-bond donors (Lipinski definition) is 1. The summed E-state index contributed by atoms with van der Waals surface area (Å²) in [6.45, 7) is 4.15. The summed E-state index contributed by atoms with van der Waals surface area (Å²) in [6.07, 6.45) is 1.75. The van der Waals surface area contributed by atoms with Crippen molar-refractivity contribution in [1.82, 2.24) is 4.98 Å². The Labute approximate surface area is 91.3 Å². The Kier molecular flexibility index (Phi) is 2.19. The first-order valence-corrected chi connectivity index (χ1v) is 5.20. The fourth-order valence-electron chi connectivity index (χ4n) is 1.50. The van der Waals surface area contributed by atoms with Crippen LogP contribution in [0.5, 0.6) is 0 Å². The lowest BCUT2D eigenvalue weighted by molar-refractivity contribution is 1.31. The number of pyridine rings is 1. The van der Waals surface area contributed by atoms with Gasteiger partial charge in [0.15, 0.2) is 0 Å².